The van der Waals surface area contributed by atoms with Gasteiger partial charge in [-0.25, -0.2) is 0 Å². The minimum Gasteiger partial charge on any atom is -0.495 e. The lowest BCUT2D eigenvalue weighted by atomic mass is 9.86. The van der Waals surface area contributed by atoms with Crippen LogP contribution in [0.2, 0.25) is 5.02 Å². The quantitative estimate of drug-likeness (QED) is 0.928. The molecule has 2 fully saturated rings. The molecule has 0 bridgehead atoms. The van der Waals surface area contributed by atoms with Crippen LogP contribution in [0, 0.1) is 5.41 Å². The molecule has 1 unspecified atom stereocenters. The first-order valence-electron chi connectivity index (χ1n) is 6.96. The summed E-state index contributed by atoms with van der Waals surface area (Å²) in [6, 6.07) is 6.10. The molecule has 0 radical (unpaired) electrons. The van der Waals surface area contributed by atoms with E-state index in [-0.39, 0.29) is 12.4 Å². The molecule has 1 aromatic rings. The largest absolute Gasteiger partial charge is 0.495 e. The van der Waals surface area contributed by atoms with Crippen molar-refractivity contribution >= 4 is 24.0 Å². The highest BCUT2D eigenvalue weighted by atomic mass is 35.5. The highest BCUT2D eigenvalue weighted by Gasteiger charge is 2.39. The van der Waals surface area contributed by atoms with E-state index >= 15 is 0 Å². The zero-order valence-corrected chi connectivity index (χ0v) is 13.4. The van der Waals surface area contributed by atoms with E-state index in [0.29, 0.717) is 10.4 Å². The lowest BCUT2D eigenvalue weighted by molar-refractivity contribution is 0.268. The summed E-state index contributed by atoms with van der Waals surface area (Å²) in [5.41, 5.74) is 1.81. The van der Waals surface area contributed by atoms with E-state index in [1.165, 1.54) is 44.6 Å². The molecule has 0 saturated carbocycles. The number of nitrogens with zero attached hydrogens (tertiary/aromatic N) is 1. The van der Waals surface area contributed by atoms with Crippen LogP contribution in [0.5, 0.6) is 5.75 Å². The maximum Gasteiger partial charge on any atom is 0.137 e. The second-order valence-corrected chi connectivity index (χ2v) is 6.26. The summed E-state index contributed by atoms with van der Waals surface area (Å²) < 4.78 is 5.19. The standard InChI is InChI=1S/C15H21ClN2O.ClH/c1-19-14-3-2-12(8-13(14)16)9-18-7-5-15(11-18)4-6-17-10-15;/h2-3,8,17H,4-7,9-11H2,1H3;1H. The first kappa shape index (κ1) is 15.9. The van der Waals surface area contributed by atoms with Gasteiger partial charge < -0.3 is 10.1 Å². The third-order valence-electron chi connectivity index (χ3n) is 4.47. The Kier molecular flexibility index (Phi) is 5.19. The van der Waals surface area contributed by atoms with Gasteiger partial charge in [-0.15, -0.1) is 12.4 Å². The smallest absolute Gasteiger partial charge is 0.137 e. The molecule has 0 amide bonds. The highest BCUT2D eigenvalue weighted by molar-refractivity contribution is 6.32. The van der Waals surface area contributed by atoms with Gasteiger partial charge in [0.1, 0.15) is 5.75 Å². The molecule has 2 saturated heterocycles. The molecule has 2 aliphatic rings. The van der Waals surface area contributed by atoms with E-state index in [0.717, 1.165) is 12.3 Å². The SMILES string of the molecule is COc1ccc(CN2CCC3(CCNC3)C2)cc1Cl.Cl. The molecule has 0 aromatic heterocycles. The van der Waals surface area contributed by atoms with E-state index in [1.54, 1.807) is 7.11 Å². The monoisotopic (exact) mass is 316 g/mol. The van der Waals surface area contributed by atoms with Crippen LogP contribution in [-0.4, -0.2) is 38.2 Å². The molecule has 1 atom stereocenters. The molecule has 2 aliphatic heterocycles. The highest BCUT2D eigenvalue weighted by Crippen LogP contribution is 2.36. The number of hydrogen-bond acceptors (Lipinski definition) is 3. The molecule has 1 spiro atoms. The van der Waals surface area contributed by atoms with Gasteiger partial charge in [-0.05, 0) is 49.0 Å². The van der Waals surface area contributed by atoms with Crippen molar-refractivity contribution in [1.29, 1.82) is 0 Å². The van der Waals surface area contributed by atoms with Crippen LogP contribution in [-0.2, 0) is 6.54 Å². The van der Waals surface area contributed by atoms with Gasteiger partial charge in [-0.2, -0.15) is 0 Å². The van der Waals surface area contributed by atoms with Crippen molar-refractivity contribution in [1.82, 2.24) is 10.2 Å². The van der Waals surface area contributed by atoms with E-state index in [9.17, 15) is 0 Å². The van der Waals surface area contributed by atoms with E-state index < -0.39 is 0 Å². The minimum atomic E-state index is 0. The number of hydrogen-bond donors (Lipinski definition) is 1. The summed E-state index contributed by atoms with van der Waals surface area (Å²) in [6.45, 7) is 5.77. The van der Waals surface area contributed by atoms with Crippen molar-refractivity contribution in [3.05, 3.63) is 28.8 Å². The van der Waals surface area contributed by atoms with Gasteiger partial charge in [0.15, 0.2) is 0 Å². The average Bonchev–Trinajstić information content (AvgIpc) is 3.01. The van der Waals surface area contributed by atoms with Gasteiger partial charge in [0.25, 0.3) is 0 Å². The minimum absolute atomic E-state index is 0. The van der Waals surface area contributed by atoms with Crippen LogP contribution in [0.4, 0.5) is 0 Å². The summed E-state index contributed by atoms with van der Waals surface area (Å²) in [5.74, 6) is 0.753. The van der Waals surface area contributed by atoms with Crippen LogP contribution in [0.3, 0.4) is 0 Å². The Bertz CT molecular complexity index is 461. The molecule has 1 aromatic carbocycles. The lowest BCUT2D eigenvalue weighted by Crippen LogP contribution is -2.28. The van der Waals surface area contributed by atoms with Gasteiger partial charge in [0, 0.05) is 19.6 Å². The topological polar surface area (TPSA) is 24.5 Å². The first-order chi connectivity index (χ1) is 9.21. The number of methoxy groups -OCH3 is 1. The predicted octanol–water partition coefficient (Wildman–Crippen LogP) is 2.96. The van der Waals surface area contributed by atoms with Gasteiger partial charge >= 0.3 is 0 Å². The Morgan fingerprint density at radius 2 is 2.25 bits per heavy atom. The van der Waals surface area contributed by atoms with Crippen molar-refractivity contribution in [3.63, 3.8) is 0 Å². The van der Waals surface area contributed by atoms with Crippen LogP contribution < -0.4 is 10.1 Å². The molecular formula is C15H22Cl2N2O. The van der Waals surface area contributed by atoms with Crippen LogP contribution in [0.25, 0.3) is 0 Å². The second-order valence-electron chi connectivity index (χ2n) is 5.86. The first-order valence-corrected chi connectivity index (χ1v) is 7.34. The van der Waals surface area contributed by atoms with Crippen molar-refractivity contribution in [3.8, 4) is 5.75 Å². The maximum atomic E-state index is 6.18. The predicted molar refractivity (Wildman–Crippen MR) is 85.1 cm³/mol. The summed E-state index contributed by atoms with van der Waals surface area (Å²) in [7, 11) is 1.65. The second kappa shape index (κ2) is 6.52. The fraction of sp³-hybridized carbons (Fsp3) is 0.600. The summed E-state index contributed by atoms with van der Waals surface area (Å²) >= 11 is 6.18. The van der Waals surface area contributed by atoms with Crippen molar-refractivity contribution < 1.29 is 4.74 Å². The Morgan fingerprint density at radius 1 is 1.40 bits per heavy atom. The molecule has 1 N–H and O–H groups in total. The zero-order valence-electron chi connectivity index (χ0n) is 11.8. The molecule has 3 rings (SSSR count). The molecular weight excluding hydrogens is 295 g/mol. The van der Waals surface area contributed by atoms with Gasteiger partial charge in [-0.3, -0.25) is 4.90 Å². The Morgan fingerprint density at radius 3 is 2.90 bits per heavy atom. The summed E-state index contributed by atoms with van der Waals surface area (Å²) in [4.78, 5) is 2.55. The van der Waals surface area contributed by atoms with Crippen molar-refractivity contribution in [2.75, 3.05) is 33.3 Å². The summed E-state index contributed by atoms with van der Waals surface area (Å²) in [5, 5.41) is 4.20. The third-order valence-corrected chi connectivity index (χ3v) is 4.77. The molecule has 0 aliphatic carbocycles. The number of halogens is 2. The van der Waals surface area contributed by atoms with Crippen LogP contribution in [0.15, 0.2) is 18.2 Å². The molecule has 112 valence electrons. The lowest BCUT2D eigenvalue weighted by Gasteiger charge is -2.23. The normalized spacial score (nSPS) is 25.9. The number of rotatable bonds is 3. The zero-order chi connectivity index (χ0) is 13.3. The Hall–Kier alpha value is -0.480. The fourth-order valence-electron chi connectivity index (χ4n) is 3.37. The number of likely N-dealkylation sites (tertiary alicyclic amines) is 1. The average molecular weight is 317 g/mol. The maximum absolute atomic E-state index is 6.18. The fourth-order valence-corrected chi connectivity index (χ4v) is 3.65. The number of nitrogens with one attached hydrogen (secondary N) is 1. The van der Waals surface area contributed by atoms with E-state index in [4.69, 9.17) is 16.3 Å². The molecule has 2 heterocycles. The van der Waals surface area contributed by atoms with Gasteiger partial charge in [0.2, 0.25) is 0 Å². The summed E-state index contributed by atoms with van der Waals surface area (Å²) in [6.07, 6.45) is 2.65. The molecule has 5 heteroatoms. The van der Waals surface area contributed by atoms with E-state index in [1.807, 2.05) is 12.1 Å². The Balaban J connectivity index is 0.00000147. The number of benzene rings is 1. The van der Waals surface area contributed by atoms with Crippen molar-refractivity contribution in [2.24, 2.45) is 5.41 Å². The molecule has 20 heavy (non-hydrogen) atoms. The third kappa shape index (κ3) is 3.22. The van der Waals surface area contributed by atoms with Gasteiger partial charge in [-0.1, -0.05) is 17.7 Å². The van der Waals surface area contributed by atoms with Gasteiger partial charge in [0.05, 0.1) is 12.1 Å². The Labute approximate surface area is 132 Å². The van der Waals surface area contributed by atoms with E-state index in [2.05, 4.69) is 16.3 Å². The molecule has 3 nitrogen and oxygen atoms in total. The van der Waals surface area contributed by atoms with Crippen LogP contribution >= 0.6 is 24.0 Å². The van der Waals surface area contributed by atoms with Crippen molar-refractivity contribution in [2.45, 2.75) is 19.4 Å². The van der Waals surface area contributed by atoms with Crippen LogP contribution in [0.1, 0.15) is 18.4 Å². The number of ether oxygens (including phenoxy) is 1.